The van der Waals surface area contributed by atoms with Gasteiger partial charge in [-0.25, -0.2) is 4.79 Å². The zero-order valence-corrected chi connectivity index (χ0v) is 19.8. The van der Waals surface area contributed by atoms with Crippen LogP contribution >= 0.6 is 0 Å². The summed E-state index contributed by atoms with van der Waals surface area (Å²) in [5, 5.41) is 0. The van der Waals surface area contributed by atoms with Gasteiger partial charge in [-0.1, -0.05) is 36.4 Å². The fourth-order valence-electron chi connectivity index (χ4n) is 4.71. The molecule has 0 atom stereocenters. The predicted molar refractivity (Wildman–Crippen MR) is 129 cm³/mol. The van der Waals surface area contributed by atoms with Crippen molar-refractivity contribution < 1.29 is 33.4 Å². The lowest BCUT2D eigenvalue weighted by Crippen LogP contribution is -2.38. The average molecular weight is 485 g/mol. The lowest BCUT2D eigenvalue weighted by Gasteiger charge is -2.29. The van der Waals surface area contributed by atoms with Gasteiger partial charge in [0, 0.05) is 35.3 Å². The van der Waals surface area contributed by atoms with E-state index < -0.39 is 18.4 Å². The summed E-state index contributed by atoms with van der Waals surface area (Å²) < 4.78 is 16.0. The molecular weight excluding hydrogens is 462 g/mol. The van der Waals surface area contributed by atoms with E-state index in [0.29, 0.717) is 36.6 Å². The van der Waals surface area contributed by atoms with Crippen molar-refractivity contribution >= 4 is 23.4 Å². The smallest absolute Gasteiger partial charge is 0.339 e. The second-order valence-electron chi connectivity index (χ2n) is 8.55. The molecule has 0 spiro atoms. The van der Waals surface area contributed by atoms with Crippen LogP contribution in [0.5, 0.6) is 11.5 Å². The summed E-state index contributed by atoms with van der Waals surface area (Å²) in [4.78, 5) is 53.4. The number of hydrogen-bond acceptors (Lipinski definition) is 7. The number of fused-ring (bicyclic) bond motifs is 3. The summed E-state index contributed by atoms with van der Waals surface area (Å²) in [6.45, 7) is 0.323. The van der Waals surface area contributed by atoms with Crippen molar-refractivity contribution in [1.82, 2.24) is 4.90 Å². The predicted octanol–water partition coefficient (Wildman–Crippen LogP) is 3.22. The average Bonchev–Trinajstić information content (AvgIpc) is 2.92. The van der Waals surface area contributed by atoms with Crippen molar-refractivity contribution in [3.8, 4) is 11.5 Å². The van der Waals surface area contributed by atoms with Crippen LogP contribution in [0.1, 0.15) is 53.3 Å². The minimum atomic E-state index is -0.829. The number of ether oxygens (including phenoxy) is 3. The van der Waals surface area contributed by atoms with E-state index in [0.717, 1.165) is 11.1 Å². The molecule has 0 aromatic heterocycles. The highest BCUT2D eigenvalue weighted by Gasteiger charge is 2.33. The van der Waals surface area contributed by atoms with Crippen LogP contribution in [0.2, 0.25) is 0 Å². The molecule has 1 heterocycles. The van der Waals surface area contributed by atoms with Crippen LogP contribution in [0.25, 0.3) is 0 Å². The largest absolute Gasteiger partial charge is 0.493 e. The first kappa shape index (κ1) is 23.3. The van der Waals surface area contributed by atoms with Crippen LogP contribution in [-0.2, 0) is 22.5 Å². The van der Waals surface area contributed by atoms with E-state index in [1.165, 1.54) is 18.2 Å². The number of carbonyl (C=O) groups excluding carboxylic acids is 4. The first-order chi connectivity index (χ1) is 17.4. The molecular formula is C28H23NO7. The first-order valence-electron chi connectivity index (χ1n) is 11.4. The molecule has 8 nitrogen and oxygen atoms in total. The van der Waals surface area contributed by atoms with E-state index >= 15 is 0 Å². The molecule has 0 N–H and O–H groups in total. The van der Waals surface area contributed by atoms with Crippen LogP contribution < -0.4 is 9.47 Å². The molecule has 0 saturated heterocycles. The van der Waals surface area contributed by atoms with Gasteiger partial charge >= 0.3 is 5.97 Å². The number of nitrogens with zero attached hydrogens (tertiary/aromatic N) is 1. The van der Waals surface area contributed by atoms with Gasteiger partial charge in [-0.2, -0.15) is 0 Å². The Bertz CT molecular complexity index is 1430. The molecule has 5 rings (SSSR count). The minimum absolute atomic E-state index is 0.00610. The van der Waals surface area contributed by atoms with E-state index in [9.17, 15) is 19.2 Å². The number of esters is 1. The molecule has 3 aromatic rings. The number of ketones is 2. The Hall–Kier alpha value is -4.46. The van der Waals surface area contributed by atoms with Crippen LogP contribution in [0.15, 0.2) is 54.6 Å². The molecule has 1 amide bonds. The summed E-state index contributed by atoms with van der Waals surface area (Å²) in [5.41, 5.74) is 2.66. The fraction of sp³-hybridized carbons (Fsp3) is 0.214. The molecule has 2 aliphatic rings. The Morgan fingerprint density at radius 1 is 0.833 bits per heavy atom. The van der Waals surface area contributed by atoms with Gasteiger partial charge in [0.1, 0.15) is 0 Å². The molecule has 3 aromatic carbocycles. The third kappa shape index (κ3) is 3.90. The molecule has 0 saturated carbocycles. The molecule has 0 fully saturated rings. The highest BCUT2D eigenvalue weighted by molar-refractivity contribution is 6.30. The summed E-state index contributed by atoms with van der Waals surface area (Å²) in [6.07, 6.45) is 0.623. The number of methoxy groups -OCH3 is 2. The maximum atomic E-state index is 13.1. The Labute approximate surface area is 207 Å². The summed E-state index contributed by atoms with van der Waals surface area (Å²) >= 11 is 0. The lowest BCUT2D eigenvalue weighted by atomic mass is 9.82. The van der Waals surface area contributed by atoms with E-state index in [1.54, 1.807) is 43.4 Å². The molecule has 0 radical (unpaired) electrons. The molecule has 1 aliphatic carbocycles. The summed E-state index contributed by atoms with van der Waals surface area (Å²) in [7, 11) is 3.12. The van der Waals surface area contributed by atoms with Crippen molar-refractivity contribution in [3.63, 3.8) is 0 Å². The van der Waals surface area contributed by atoms with Crippen LogP contribution in [0, 0.1) is 0 Å². The van der Waals surface area contributed by atoms with Gasteiger partial charge in [0.25, 0.3) is 5.91 Å². The standard InChI is InChI=1S/C28H23NO7/c1-34-22-12-16-10-11-29(14-17(16)13-23(22)35-2)24(30)15-36-28(33)21-9-5-8-20-25(21)27(32)19-7-4-3-6-18(19)26(20)31/h3-9,12-13H,10-11,14-15H2,1-2H3. The quantitative estimate of drug-likeness (QED) is 0.400. The molecule has 1 aliphatic heterocycles. The maximum absolute atomic E-state index is 13.1. The Kier molecular flexibility index (Phi) is 6.01. The van der Waals surface area contributed by atoms with Gasteiger partial charge < -0.3 is 19.1 Å². The van der Waals surface area contributed by atoms with E-state index in [2.05, 4.69) is 0 Å². The van der Waals surface area contributed by atoms with Crippen LogP contribution in [0.3, 0.4) is 0 Å². The Morgan fingerprint density at radius 3 is 2.17 bits per heavy atom. The van der Waals surface area contributed by atoms with Gasteiger partial charge in [-0.05, 0) is 35.7 Å². The van der Waals surface area contributed by atoms with Crippen molar-refractivity contribution in [3.05, 3.63) is 93.5 Å². The lowest BCUT2D eigenvalue weighted by molar-refractivity contribution is -0.135. The SMILES string of the molecule is COc1cc2c(cc1OC)CN(C(=O)COC(=O)c1cccc3c1C(=O)c1ccccc1C3=O)CC2. The van der Waals surface area contributed by atoms with Gasteiger partial charge in [0.15, 0.2) is 29.7 Å². The van der Waals surface area contributed by atoms with Gasteiger partial charge in [0.05, 0.1) is 19.8 Å². The maximum Gasteiger partial charge on any atom is 0.339 e. The van der Waals surface area contributed by atoms with Crippen molar-refractivity contribution in [1.29, 1.82) is 0 Å². The molecule has 182 valence electrons. The topological polar surface area (TPSA) is 99.2 Å². The van der Waals surface area contributed by atoms with E-state index in [1.807, 2.05) is 12.1 Å². The van der Waals surface area contributed by atoms with Crippen LogP contribution in [0.4, 0.5) is 0 Å². The number of benzene rings is 3. The van der Waals surface area contributed by atoms with E-state index in [-0.39, 0.29) is 33.9 Å². The highest BCUT2D eigenvalue weighted by atomic mass is 16.5. The minimum Gasteiger partial charge on any atom is -0.493 e. The van der Waals surface area contributed by atoms with Gasteiger partial charge in [-0.3, -0.25) is 14.4 Å². The number of amides is 1. The highest BCUT2D eigenvalue weighted by Crippen LogP contribution is 2.33. The normalized spacial score (nSPS) is 13.9. The first-order valence-corrected chi connectivity index (χ1v) is 11.4. The fourth-order valence-corrected chi connectivity index (χ4v) is 4.71. The number of rotatable bonds is 5. The molecule has 36 heavy (non-hydrogen) atoms. The molecule has 0 unspecified atom stereocenters. The Balaban J connectivity index is 1.31. The second-order valence-corrected chi connectivity index (χ2v) is 8.55. The molecule has 8 heteroatoms. The summed E-state index contributed by atoms with van der Waals surface area (Å²) in [6, 6.07) is 14.7. The third-order valence-electron chi connectivity index (χ3n) is 6.57. The van der Waals surface area contributed by atoms with Crippen molar-refractivity contribution in [2.45, 2.75) is 13.0 Å². The zero-order chi connectivity index (χ0) is 25.4. The zero-order valence-electron chi connectivity index (χ0n) is 19.8. The summed E-state index contributed by atoms with van der Waals surface area (Å²) in [5.74, 6) is -0.731. The van der Waals surface area contributed by atoms with E-state index in [4.69, 9.17) is 14.2 Å². The number of carbonyl (C=O) groups is 4. The third-order valence-corrected chi connectivity index (χ3v) is 6.57. The number of hydrogen-bond donors (Lipinski definition) is 0. The Morgan fingerprint density at radius 2 is 1.47 bits per heavy atom. The van der Waals surface area contributed by atoms with Gasteiger partial charge in [-0.15, -0.1) is 0 Å². The van der Waals surface area contributed by atoms with Crippen molar-refractivity contribution in [2.75, 3.05) is 27.4 Å². The molecule has 0 bridgehead atoms. The van der Waals surface area contributed by atoms with Crippen molar-refractivity contribution in [2.24, 2.45) is 0 Å². The monoisotopic (exact) mass is 485 g/mol. The van der Waals surface area contributed by atoms with Gasteiger partial charge in [0.2, 0.25) is 0 Å². The van der Waals surface area contributed by atoms with Crippen LogP contribution in [-0.4, -0.2) is 55.7 Å². The second kappa shape index (κ2) is 9.30.